The summed E-state index contributed by atoms with van der Waals surface area (Å²) >= 11 is 0. The average Bonchev–Trinajstić information content (AvgIpc) is 2.48. The van der Waals surface area contributed by atoms with Gasteiger partial charge >= 0.3 is 15.6 Å². The van der Waals surface area contributed by atoms with Gasteiger partial charge in [-0.1, -0.05) is 24.3 Å². The molecule has 19 heavy (non-hydrogen) atoms. The van der Waals surface area contributed by atoms with Crippen molar-refractivity contribution in [2.45, 2.75) is 24.8 Å². The fourth-order valence-corrected chi connectivity index (χ4v) is 2.36. The van der Waals surface area contributed by atoms with Crippen LogP contribution in [0.25, 0.3) is 6.08 Å². The highest BCUT2D eigenvalue weighted by molar-refractivity contribution is 7.87. The molecule has 0 fully saturated rings. The second-order valence-corrected chi connectivity index (χ2v) is 5.68. The molecule has 1 aromatic rings. The van der Waals surface area contributed by atoms with E-state index in [2.05, 4.69) is 4.18 Å². The number of halogens is 3. The Morgan fingerprint density at radius 1 is 1.11 bits per heavy atom. The quantitative estimate of drug-likeness (QED) is 0.621. The molecular weight excluding hydrogens is 281 g/mol. The average molecular weight is 292 g/mol. The Morgan fingerprint density at radius 2 is 1.79 bits per heavy atom. The maximum atomic E-state index is 12.2. The molecule has 0 heterocycles. The van der Waals surface area contributed by atoms with E-state index in [4.69, 9.17) is 0 Å². The minimum atomic E-state index is -5.58. The van der Waals surface area contributed by atoms with Crippen molar-refractivity contribution in [1.82, 2.24) is 0 Å². The van der Waals surface area contributed by atoms with Crippen molar-refractivity contribution in [3.05, 3.63) is 41.2 Å². The molecule has 0 amide bonds. The third-order valence-corrected chi connectivity index (χ3v) is 3.74. The predicted molar refractivity (Wildman–Crippen MR) is 63.4 cm³/mol. The Kier molecular flexibility index (Phi) is 3.58. The lowest BCUT2D eigenvalue weighted by atomic mass is 10.1. The van der Waals surface area contributed by atoms with Gasteiger partial charge in [-0.2, -0.15) is 21.6 Å². The van der Waals surface area contributed by atoms with E-state index in [9.17, 15) is 21.6 Å². The largest absolute Gasteiger partial charge is 0.534 e. The van der Waals surface area contributed by atoms with E-state index in [0.717, 1.165) is 5.56 Å². The molecule has 0 atom stereocenters. The van der Waals surface area contributed by atoms with E-state index in [1.54, 1.807) is 12.1 Å². The van der Waals surface area contributed by atoms with E-state index in [1.807, 2.05) is 12.1 Å². The van der Waals surface area contributed by atoms with Gasteiger partial charge < -0.3 is 4.18 Å². The lowest BCUT2D eigenvalue weighted by molar-refractivity contribution is -0.0522. The van der Waals surface area contributed by atoms with Gasteiger partial charge in [-0.3, -0.25) is 0 Å². The lowest BCUT2D eigenvalue weighted by Crippen LogP contribution is -2.25. The summed E-state index contributed by atoms with van der Waals surface area (Å²) in [7, 11) is -5.58. The first kappa shape index (κ1) is 13.9. The van der Waals surface area contributed by atoms with Gasteiger partial charge in [0.05, 0.1) is 0 Å². The third kappa shape index (κ3) is 3.09. The first-order valence-corrected chi connectivity index (χ1v) is 7.00. The summed E-state index contributed by atoms with van der Waals surface area (Å²) in [5, 5.41) is 0. The summed E-state index contributed by atoms with van der Waals surface area (Å²) in [6, 6.07) is 7.12. The van der Waals surface area contributed by atoms with Crippen LogP contribution in [0.15, 0.2) is 30.0 Å². The van der Waals surface area contributed by atoms with Crippen molar-refractivity contribution < 1.29 is 25.8 Å². The van der Waals surface area contributed by atoms with E-state index < -0.39 is 15.6 Å². The summed E-state index contributed by atoms with van der Waals surface area (Å²) in [5.41, 5.74) is -3.75. The monoisotopic (exact) mass is 292 g/mol. The SMILES string of the molecule is O=S(=O)(OC1=Cc2ccccc2CCC1)C(F)(F)F. The molecule has 0 unspecified atom stereocenters. The van der Waals surface area contributed by atoms with Gasteiger partial charge in [-0.25, -0.2) is 0 Å². The molecule has 0 aromatic heterocycles. The predicted octanol–water partition coefficient (Wildman–Crippen LogP) is 3.23. The topological polar surface area (TPSA) is 43.4 Å². The number of fused-ring (bicyclic) bond motifs is 1. The van der Waals surface area contributed by atoms with Crippen molar-refractivity contribution in [2.24, 2.45) is 0 Å². The zero-order valence-corrected chi connectivity index (χ0v) is 10.6. The van der Waals surface area contributed by atoms with E-state index in [-0.39, 0.29) is 12.2 Å². The molecule has 2 rings (SSSR count). The van der Waals surface area contributed by atoms with Gasteiger partial charge in [-0.05, 0) is 30.0 Å². The molecule has 0 spiro atoms. The van der Waals surface area contributed by atoms with Crippen LogP contribution in [0.5, 0.6) is 0 Å². The van der Waals surface area contributed by atoms with Crippen LogP contribution in [0.1, 0.15) is 24.0 Å². The number of aryl methyl sites for hydroxylation is 1. The van der Waals surface area contributed by atoms with Gasteiger partial charge in [-0.15, -0.1) is 0 Å². The molecule has 0 saturated heterocycles. The van der Waals surface area contributed by atoms with Crippen molar-refractivity contribution in [1.29, 1.82) is 0 Å². The van der Waals surface area contributed by atoms with Crippen molar-refractivity contribution in [3.63, 3.8) is 0 Å². The van der Waals surface area contributed by atoms with Crippen LogP contribution >= 0.6 is 0 Å². The number of rotatable bonds is 2. The fraction of sp³-hybridized carbons (Fsp3) is 0.333. The Bertz CT molecular complexity index is 603. The molecule has 0 bridgehead atoms. The van der Waals surface area contributed by atoms with Gasteiger partial charge in [0.15, 0.2) is 0 Å². The Labute approximate surface area is 108 Å². The van der Waals surface area contributed by atoms with Gasteiger partial charge in [0.2, 0.25) is 0 Å². The fourth-order valence-electron chi connectivity index (χ4n) is 1.86. The molecule has 0 radical (unpaired) electrons. The summed E-state index contributed by atoms with van der Waals surface area (Å²) in [4.78, 5) is 0. The zero-order valence-electron chi connectivity index (χ0n) is 9.77. The summed E-state index contributed by atoms with van der Waals surface area (Å²) < 4.78 is 62.8. The summed E-state index contributed by atoms with van der Waals surface area (Å²) in [6.45, 7) is 0. The molecule has 3 nitrogen and oxygen atoms in total. The third-order valence-electron chi connectivity index (χ3n) is 2.74. The number of benzene rings is 1. The molecule has 1 aliphatic rings. The van der Waals surface area contributed by atoms with Crippen LogP contribution in [0, 0.1) is 0 Å². The van der Waals surface area contributed by atoms with Crippen LogP contribution in [-0.2, 0) is 20.7 Å². The normalized spacial score (nSPS) is 16.3. The van der Waals surface area contributed by atoms with Gasteiger partial charge in [0.1, 0.15) is 5.76 Å². The molecule has 0 saturated carbocycles. The summed E-state index contributed by atoms with van der Waals surface area (Å²) in [6.07, 6.45) is 2.72. The Morgan fingerprint density at radius 3 is 2.47 bits per heavy atom. The minimum absolute atomic E-state index is 0.157. The van der Waals surface area contributed by atoms with Crippen molar-refractivity contribution in [2.75, 3.05) is 0 Å². The highest BCUT2D eigenvalue weighted by Gasteiger charge is 2.48. The van der Waals surface area contributed by atoms with Crippen LogP contribution in [0.2, 0.25) is 0 Å². The second kappa shape index (κ2) is 4.88. The maximum Gasteiger partial charge on any atom is 0.534 e. The van der Waals surface area contributed by atoms with E-state index in [0.29, 0.717) is 18.4 Å². The van der Waals surface area contributed by atoms with Gasteiger partial charge in [0, 0.05) is 6.42 Å². The Hall–Kier alpha value is -1.50. The molecule has 1 aromatic carbocycles. The standard InChI is InChI=1S/C12H11F3O3S/c13-12(14,15)19(16,17)18-11-7-3-6-9-4-1-2-5-10(9)8-11/h1-2,4-5,8H,3,6-7H2. The first-order chi connectivity index (χ1) is 8.79. The molecule has 0 aliphatic heterocycles. The van der Waals surface area contributed by atoms with Crippen LogP contribution in [-0.4, -0.2) is 13.9 Å². The molecule has 0 N–H and O–H groups in total. The second-order valence-electron chi connectivity index (χ2n) is 4.15. The number of hydrogen-bond acceptors (Lipinski definition) is 3. The van der Waals surface area contributed by atoms with E-state index in [1.165, 1.54) is 6.08 Å². The maximum absolute atomic E-state index is 12.2. The molecule has 104 valence electrons. The molecule has 7 heteroatoms. The summed E-state index contributed by atoms with van der Waals surface area (Å²) in [5.74, 6) is -0.178. The van der Waals surface area contributed by atoms with Crippen LogP contribution in [0.3, 0.4) is 0 Å². The zero-order chi connectivity index (χ0) is 14.1. The van der Waals surface area contributed by atoms with Crippen LogP contribution < -0.4 is 0 Å². The highest BCUT2D eigenvalue weighted by Crippen LogP contribution is 2.30. The van der Waals surface area contributed by atoms with Crippen molar-refractivity contribution >= 4 is 16.2 Å². The molecule has 1 aliphatic carbocycles. The minimum Gasteiger partial charge on any atom is -0.381 e. The lowest BCUT2D eigenvalue weighted by Gasteiger charge is -2.11. The van der Waals surface area contributed by atoms with Crippen molar-refractivity contribution in [3.8, 4) is 0 Å². The smallest absolute Gasteiger partial charge is 0.381 e. The molecular formula is C12H11F3O3S. The number of hydrogen-bond donors (Lipinski definition) is 0. The first-order valence-electron chi connectivity index (χ1n) is 5.59. The van der Waals surface area contributed by atoms with Crippen LogP contribution in [0.4, 0.5) is 13.2 Å². The Balaban J connectivity index is 2.30. The number of alkyl halides is 3. The highest BCUT2D eigenvalue weighted by atomic mass is 32.2. The number of allylic oxidation sites excluding steroid dienone is 1. The van der Waals surface area contributed by atoms with E-state index >= 15 is 0 Å². The van der Waals surface area contributed by atoms with Gasteiger partial charge in [0.25, 0.3) is 0 Å².